The van der Waals surface area contributed by atoms with Crippen molar-refractivity contribution in [1.29, 1.82) is 0 Å². The second kappa shape index (κ2) is 5.04. The average Bonchev–Trinajstić information content (AvgIpc) is 3.39. The lowest BCUT2D eigenvalue weighted by Crippen LogP contribution is -2.47. The lowest BCUT2D eigenvalue weighted by molar-refractivity contribution is -0.155. The molecule has 1 aliphatic heterocycles. The highest BCUT2D eigenvalue weighted by Crippen LogP contribution is 2.65. The average molecular weight is 337 g/mol. The van der Waals surface area contributed by atoms with Crippen molar-refractivity contribution < 1.29 is 19.5 Å². The van der Waals surface area contributed by atoms with Crippen LogP contribution in [0.4, 0.5) is 0 Å². The molecule has 7 atom stereocenters. The largest absolute Gasteiger partial charge is 0.480 e. The Balaban J connectivity index is 1.48. The van der Waals surface area contributed by atoms with E-state index in [2.05, 4.69) is 12.2 Å². The van der Waals surface area contributed by atoms with Gasteiger partial charge in [-0.2, -0.15) is 0 Å². The Morgan fingerprint density at radius 3 is 2.12 bits per heavy atom. The molecule has 6 rings (SSSR count). The molecule has 2 bridgehead atoms. The predicted molar refractivity (Wildman–Crippen MR) is 88.1 cm³/mol. The molecule has 0 radical (unpaired) electrons. The van der Waals surface area contributed by atoms with E-state index in [9.17, 15) is 19.5 Å². The molecule has 0 aromatic heterocycles. The quantitative estimate of drug-likeness (QED) is 0.671. The van der Waals surface area contributed by atoms with Gasteiger partial charge in [0.15, 0.2) is 0 Å². The third-order valence-electron chi connectivity index (χ3n) is 6.57. The summed E-state index contributed by atoms with van der Waals surface area (Å²) in [6.45, 7) is 0. The monoisotopic (exact) mass is 337 g/mol. The minimum absolute atomic E-state index is 0.118. The summed E-state index contributed by atoms with van der Waals surface area (Å²) in [5.74, 6) is -1.08. The topological polar surface area (TPSA) is 74.7 Å². The lowest BCUT2D eigenvalue weighted by atomic mass is 9.63. The van der Waals surface area contributed by atoms with Gasteiger partial charge in [-0.05, 0) is 35.7 Å². The molecule has 5 aliphatic rings. The van der Waals surface area contributed by atoms with Crippen LogP contribution in [-0.2, 0) is 20.8 Å². The van der Waals surface area contributed by atoms with Crippen molar-refractivity contribution in [2.45, 2.75) is 18.9 Å². The SMILES string of the molecule is O=C(O)[C@@H](Cc1ccccc1)N1C(=O)[C@@H]2[C@@H]3C=C[C@H]([C@@H]4C[C@@H]34)[C@H]2C1=O. The number of amides is 2. The van der Waals surface area contributed by atoms with Crippen LogP contribution in [0, 0.1) is 35.5 Å². The highest BCUT2D eigenvalue weighted by molar-refractivity contribution is 6.08. The summed E-state index contributed by atoms with van der Waals surface area (Å²) < 4.78 is 0. The second-order valence-electron chi connectivity index (χ2n) is 7.74. The maximum Gasteiger partial charge on any atom is 0.327 e. The third kappa shape index (κ3) is 1.98. The second-order valence-corrected chi connectivity index (χ2v) is 7.74. The van der Waals surface area contributed by atoms with Crippen molar-refractivity contribution >= 4 is 17.8 Å². The Hall–Kier alpha value is -2.43. The van der Waals surface area contributed by atoms with Crippen molar-refractivity contribution in [3.63, 3.8) is 0 Å². The summed E-state index contributed by atoms with van der Waals surface area (Å²) in [6.07, 6.45) is 5.45. The number of nitrogens with zero attached hydrogens (tertiary/aromatic N) is 1. The van der Waals surface area contributed by atoms with Gasteiger partial charge in [0.2, 0.25) is 11.8 Å². The first-order chi connectivity index (χ1) is 12.1. The van der Waals surface area contributed by atoms with Crippen LogP contribution in [0.2, 0.25) is 0 Å². The van der Waals surface area contributed by atoms with Crippen molar-refractivity contribution in [3.05, 3.63) is 48.0 Å². The maximum absolute atomic E-state index is 13.0. The molecule has 128 valence electrons. The van der Waals surface area contributed by atoms with E-state index >= 15 is 0 Å². The molecule has 1 saturated heterocycles. The van der Waals surface area contributed by atoms with E-state index in [0.717, 1.165) is 16.9 Å². The Bertz CT molecular complexity index is 765. The normalized spacial score (nSPS) is 38.5. The Morgan fingerprint density at radius 2 is 1.60 bits per heavy atom. The number of carbonyl (C=O) groups excluding carboxylic acids is 2. The van der Waals surface area contributed by atoms with Crippen LogP contribution in [0.25, 0.3) is 0 Å². The minimum atomic E-state index is -1.12. The van der Waals surface area contributed by atoms with E-state index in [4.69, 9.17) is 0 Å². The molecule has 3 fully saturated rings. The first kappa shape index (κ1) is 14.9. The molecular formula is C20H19NO4. The Kier molecular flexibility index (Phi) is 3.00. The first-order valence-electron chi connectivity index (χ1n) is 8.90. The van der Waals surface area contributed by atoms with Gasteiger partial charge < -0.3 is 5.11 Å². The van der Waals surface area contributed by atoms with Gasteiger partial charge in [-0.3, -0.25) is 14.5 Å². The fraction of sp³-hybridized carbons (Fsp3) is 0.450. The van der Waals surface area contributed by atoms with E-state index in [1.165, 1.54) is 0 Å². The van der Waals surface area contributed by atoms with Gasteiger partial charge in [-0.15, -0.1) is 0 Å². The number of hydrogen-bond acceptors (Lipinski definition) is 3. The zero-order valence-electron chi connectivity index (χ0n) is 13.6. The van der Waals surface area contributed by atoms with Gasteiger partial charge in [0.05, 0.1) is 11.8 Å². The first-order valence-corrected chi connectivity index (χ1v) is 8.90. The van der Waals surface area contributed by atoms with E-state index in [0.29, 0.717) is 11.8 Å². The smallest absolute Gasteiger partial charge is 0.327 e. The molecule has 5 nitrogen and oxygen atoms in total. The van der Waals surface area contributed by atoms with Crippen molar-refractivity contribution in [1.82, 2.24) is 4.90 Å². The maximum atomic E-state index is 13.0. The number of rotatable bonds is 4. The van der Waals surface area contributed by atoms with E-state index in [-0.39, 0.29) is 41.9 Å². The van der Waals surface area contributed by atoms with Crippen LogP contribution >= 0.6 is 0 Å². The molecule has 2 saturated carbocycles. The van der Waals surface area contributed by atoms with Gasteiger partial charge in [0.25, 0.3) is 0 Å². The zero-order valence-corrected chi connectivity index (χ0v) is 13.6. The summed E-state index contributed by atoms with van der Waals surface area (Å²) in [7, 11) is 0. The van der Waals surface area contributed by atoms with Crippen LogP contribution in [0.3, 0.4) is 0 Å². The highest BCUT2D eigenvalue weighted by Gasteiger charge is 2.67. The molecule has 5 heteroatoms. The molecule has 0 spiro atoms. The van der Waals surface area contributed by atoms with E-state index in [1.807, 2.05) is 30.3 Å². The van der Waals surface area contributed by atoms with Crippen molar-refractivity contribution in [2.24, 2.45) is 35.5 Å². The number of carbonyl (C=O) groups is 3. The summed E-state index contributed by atoms with van der Waals surface area (Å²) in [4.78, 5) is 39.0. The Morgan fingerprint density at radius 1 is 1.04 bits per heavy atom. The minimum Gasteiger partial charge on any atom is -0.480 e. The summed E-state index contributed by atoms with van der Waals surface area (Å²) in [5, 5.41) is 9.71. The number of allylic oxidation sites excluding steroid dienone is 2. The van der Waals surface area contributed by atoms with E-state index in [1.54, 1.807) is 0 Å². The lowest BCUT2D eigenvalue weighted by Gasteiger charge is -2.37. The number of likely N-dealkylation sites (tertiary alicyclic amines) is 1. The summed E-state index contributed by atoms with van der Waals surface area (Å²) in [6, 6.07) is 8.06. The van der Waals surface area contributed by atoms with Crippen LogP contribution < -0.4 is 0 Å². The van der Waals surface area contributed by atoms with Crippen molar-refractivity contribution in [3.8, 4) is 0 Å². The van der Waals surface area contributed by atoms with Gasteiger partial charge in [-0.1, -0.05) is 42.5 Å². The fourth-order valence-corrected chi connectivity index (χ4v) is 5.41. The summed E-state index contributed by atoms with van der Waals surface area (Å²) in [5.41, 5.74) is 0.814. The molecule has 1 aromatic carbocycles. The molecule has 1 aromatic rings. The van der Waals surface area contributed by atoms with Gasteiger partial charge >= 0.3 is 5.97 Å². The Labute approximate surface area is 145 Å². The number of hydrogen-bond donors (Lipinski definition) is 1. The van der Waals surface area contributed by atoms with Gasteiger partial charge in [0, 0.05) is 6.42 Å². The highest BCUT2D eigenvalue weighted by atomic mass is 16.4. The predicted octanol–water partition coefficient (Wildman–Crippen LogP) is 1.74. The van der Waals surface area contributed by atoms with Gasteiger partial charge in [0.1, 0.15) is 6.04 Å². The zero-order chi connectivity index (χ0) is 17.3. The number of imide groups is 1. The van der Waals surface area contributed by atoms with Crippen LogP contribution in [0.1, 0.15) is 12.0 Å². The number of aliphatic carboxylic acids is 1. The third-order valence-corrected chi connectivity index (χ3v) is 6.57. The van der Waals surface area contributed by atoms with Crippen LogP contribution in [0.15, 0.2) is 42.5 Å². The molecule has 2 amide bonds. The van der Waals surface area contributed by atoms with E-state index < -0.39 is 12.0 Å². The number of carboxylic acid groups (broad SMARTS) is 1. The number of carboxylic acids is 1. The molecule has 1 heterocycles. The van der Waals surface area contributed by atoms with Crippen LogP contribution in [-0.4, -0.2) is 33.8 Å². The fourth-order valence-electron chi connectivity index (χ4n) is 5.41. The molecular weight excluding hydrogens is 318 g/mol. The molecule has 1 N–H and O–H groups in total. The van der Waals surface area contributed by atoms with Crippen LogP contribution in [0.5, 0.6) is 0 Å². The van der Waals surface area contributed by atoms with Crippen molar-refractivity contribution in [2.75, 3.05) is 0 Å². The number of benzene rings is 1. The molecule has 25 heavy (non-hydrogen) atoms. The summed E-state index contributed by atoms with van der Waals surface area (Å²) >= 11 is 0. The van der Waals surface area contributed by atoms with Gasteiger partial charge in [-0.25, -0.2) is 4.79 Å². The standard InChI is InChI=1S/C20H19NO4/c22-18-16-11-6-7-12(14-9-13(11)14)17(16)19(23)21(18)15(20(24)25)8-10-4-2-1-3-5-10/h1-7,11-17H,8-9H2,(H,24,25)/t11-,12-,13+,14+,15-,16-,17-/m1/s1. The molecule has 0 unspecified atom stereocenters. The molecule has 4 aliphatic carbocycles.